The van der Waals surface area contributed by atoms with Gasteiger partial charge in [-0.05, 0) is 12.8 Å². The molecule has 13 heavy (non-hydrogen) atoms. The van der Waals surface area contributed by atoms with Gasteiger partial charge in [0.05, 0.1) is 0 Å². The van der Waals surface area contributed by atoms with Crippen LogP contribution in [0.3, 0.4) is 0 Å². The summed E-state index contributed by atoms with van der Waals surface area (Å²) >= 11 is 0. The van der Waals surface area contributed by atoms with Gasteiger partial charge < -0.3 is 0 Å². The number of nitrogens with one attached hydrogen (secondary N) is 2. The fraction of sp³-hybridized carbons (Fsp3) is 0.625. The smallest absolute Gasteiger partial charge is 0.239 e. The van der Waals surface area contributed by atoms with Crippen molar-refractivity contribution in [2.75, 3.05) is 5.43 Å². The van der Waals surface area contributed by atoms with Crippen LogP contribution in [0.25, 0.3) is 0 Å². The third kappa shape index (κ3) is 1.54. The minimum absolute atomic E-state index is 0.257. The molecule has 0 amide bonds. The van der Waals surface area contributed by atoms with Crippen molar-refractivity contribution in [3.05, 3.63) is 6.33 Å². The van der Waals surface area contributed by atoms with E-state index in [-0.39, 0.29) is 5.41 Å². The molecular formula is C8H13N5. The zero-order valence-electron chi connectivity index (χ0n) is 7.83. The predicted molar refractivity (Wildman–Crippen MR) is 50.5 cm³/mol. The van der Waals surface area contributed by atoms with Gasteiger partial charge in [-0.15, -0.1) is 0 Å². The second-order valence-corrected chi connectivity index (χ2v) is 3.89. The Balaban J connectivity index is 1.99. The van der Waals surface area contributed by atoms with Crippen LogP contribution in [-0.2, 0) is 0 Å². The number of anilines is 1. The molecule has 0 radical (unpaired) electrons. The highest BCUT2D eigenvalue weighted by molar-refractivity contribution is 5.95. The second kappa shape index (κ2) is 2.83. The molecule has 1 aromatic rings. The summed E-state index contributed by atoms with van der Waals surface area (Å²) in [5.41, 5.74) is 4.30. The molecule has 70 valence electrons. The third-order valence-corrected chi connectivity index (χ3v) is 2.48. The van der Waals surface area contributed by atoms with Crippen LogP contribution in [0.2, 0.25) is 0 Å². The molecule has 1 aliphatic rings. The lowest BCUT2D eigenvalue weighted by Crippen LogP contribution is -2.35. The van der Waals surface area contributed by atoms with Crippen LogP contribution in [0.4, 0.5) is 5.95 Å². The normalized spacial score (nSPS) is 22.8. The Hall–Kier alpha value is -1.39. The standard InChI is InChI=1S/C8H13N5/c1-8(2)4-3-6(8)11-13-7-9-5-10-12-7/h5H,3-4H2,1-2H3,(H2,9,10,12,13)/b11-6+. The molecule has 5 heteroatoms. The minimum Gasteiger partial charge on any atom is -0.246 e. The molecule has 0 aromatic carbocycles. The van der Waals surface area contributed by atoms with E-state index in [1.807, 2.05) is 0 Å². The molecule has 0 aliphatic heterocycles. The highest BCUT2D eigenvalue weighted by Crippen LogP contribution is 2.36. The Morgan fingerprint density at radius 1 is 1.62 bits per heavy atom. The van der Waals surface area contributed by atoms with Crippen molar-refractivity contribution >= 4 is 11.7 Å². The first-order valence-corrected chi connectivity index (χ1v) is 4.37. The summed E-state index contributed by atoms with van der Waals surface area (Å²) < 4.78 is 0. The fourth-order valence-corrected chi connectivity index (χ4v) is 1.32. The van der Waals surface area contributed by atoms with Crippen molar-refractivity contribution in [3.8, 4) is 0 Å². The largest absolute Gasteiger partial charge is 0.246 e. The molecule has 0 bridgehead atoms. The quantitative estimate of drug-likeness (QED) is 0.674. The van der Waals surface area contributed by atoms with Gasteiger partial charge in [0.25, 0.3) is 0 Å². The number of hydrazone groups is 1. The molecule has 1 saturated carbocycles. The van der Waals surface area contributed by atoms with E-state index < -0.39 is 0 Å². The molecule has 2 rings (SSSR count). The van der Waals surface area contributed by atoms with Crippen LogP contribution in [0.5, 0.6) is 0 Å². The van der Waals surface area contributed by atoms with E-state index >= 15 is 0 Å². The number of H-pyrrole nitrogens is 1. The Bertz CT molecular complexity index is 311. The van der Waals surface area contributed by atoms with Crippen molar-refractivity contribution in [1.29, 1.82) is 0 Å². The number of aromatic nitrogens is 3. The summed E-state index contributed by atoms with van der Waals surface area (Å²) in [5.74, 6) is 0.593. The average molecular weight is 179 g/mol. The van der Waals surface area contributed by atoms with E-state index in [2.05, 4.69) is 39.6 Å². The average Bonchev–Trinajstić information content (AvgIpc) is 2.55. The van der Waals surface area contributed by atoms with Gasteiger partial charge in [-0.3, -0.25) is 0 Å². The topological polar surface area (TPSA) is 66.0 Å². The van der Waals surface area contributed by atoms with Crippen LogP contribution in [-0.4, -0.2) is 20.9 Å². The monoisotopic (exact) mass is 179 g/mol. The number of rotatable bonds is 2. The molecule has 0 saturated heterocycles. The van der Waals surface area contributed by atoms with Crippen molar-refractivity contribution in [3.63, 3.8) is 0 Å². The molecule has 0 spiro atoms. The first kappa shape index (κ1) is 8.22. The maximum absolute atomic E-state index is 4.26. The number of aromatic amines is 1. The summed E-state index contributed by atoms with van der Waals surface area (Å²) in [7, 11) is 0. The van der Waals surface area contributed by atoms with Crippen molar-refractivity contribution in [2.24, 2.45) is 10.5 Å². The van der Waals surface area contributed by atoms with Gasteiger partial charge in [-0.2, -0.15) is 15.2 Å². The maximum Gasteiger partial charge on any atom is 0.239 e. The van der Waals surface area contributed by atoms with Gasteiger partial charge in [0.1, 0.15) is 6.33 Å². The summed E-state index contributed by atoms with van der Waals surface area (Å²) in [6.45, 7) is 4.38. The van der Waals surface area contributed by atoms with Gasteiger partial charge in [0, 0.05) is 11.1 Å². The Morgan fingerprint density at radius 2 is 2.46 bits per heavy atom. The molecule has 0 atom stereocenters. The van der Waals surface area contributed by atoms with E-state index in [9.17, 15) is 0 Å². The molecule has 1 aliphatic carbocycles. The van der Waals surface area contributed by atoms with Crippen molar-refractivity contribution in [2.45, 2.75) is 26.7 Å². The predicted octanol–water partition coefficient (Wildman–Crippen LogP) is 1.39. The Morgan fingerprint density at radius 3 is 2.92 bits per heavy atom. The molecule has 1 heterocycles. The van der Waals surface area contributed by atoms with Crippen LogP contribution in [0.15, 0.2) is 11.4 Å². The maximum atomic E-state index is 4.26. The highest BCUT2D eigenvalue weighted by Gasteiger charge is 2.34. The summed E-state index contributed by atoms with van der Waals surface area (Å²) in [6, 6.07) is 0. The second-order valence-electron chi connectivity index (χ2n) is 3.89. The first-order chi connectivity index (χ1) is 6.18. The van der Waals surface area contributed by atoms with E-state index in [0.717, 1.165) is 6.42 Å². The van der Waals surface area contributed by atoms with E-state index in [0.29, 0.717) is 5.95 Å². The summed E-state index contributed by atoms with van der Waals surface area (Å²) in [5, 5.41) is 10.7. The van der Waals surface area contributed by atoms with Crippen molar-refractivity contribution < 1.29 is 0 Å². The van der Waals surface area contributed by atoms with Gasteiger partial charge in [-0.25, -0.2) is 10.5 Å². The lowest BCUT2D eigenvalue weighted by molar-refractivity contribution is 0.407. The third-order valence-electron chi connectivity index (χ3n) is 2.48. The lowest BCUT2D eigenvalue weighted by atomic mass is 9.70. The zero-order chi connectivity index (χ0) is 9.31. The molecule has 2 N–H and O–H groups in total. The Labute approximate surface area is 76.6 Å². The van der Waals surface area contributed by atoms with Crippen LogP contribution < -0.4 is 5.43 Å². The molecule has 1 aromatic heterocycles. The molecule has 5 nitrogen and oxygen atoms in total. The number of nitrogens with zero attached hydrogens (tertiary/aromatic N) is 3. The SMILES string of the molecule is CC1(C)CC/C1=N\Nc1ncn[nH]1. The van der Waals surface area contributed by atoms with Gasteiger partial charge in [0.2, 0.25) is 5.95 Å². The summed E-state index contributed by atoms with van der Waals surface area (Å²) in [6.07, 6.45) is 3.74. The van der Waals surface area contributed by atoms with Crippen molar-refractivity contribution in [1.82, 2.24) is 15.2 Å². The lowest BCUT2D eigenvalue weighted by Gasteiger charge is -2.36. The highest BCUT2D eigenvalue weighted by atomic mass is 15.4. The number of hydrogen-bond acceptors (Lipinski definition) is 4. The molecular weight excluding hydrogens is 166 g/mol. The van der Waals surface area contributed by atoms with E-state index in [1.54, 1.807) is 0 Å². The van der Waals surface area contributed by atoms with Crippen LogP contribution in [0.1, 0.15) is 26.7 Å². The molecule has 0 unspecified atom stereocenters. The van der Waals surface area contributed by atoms with E-state index in [1.165, 1.54) is 18.5 Å². The van der Waals surface area contributed by atoms with E-state index in [4.69, 9.17) is 0 Å². The van der Waals surface area contributed by atoms with Gasteiger partial charge >= 0.3 is 0 Å². The summed E-state index contributed by atoms with van der Waals surface area (Å²) in [4.78, 5) is 3.91. The number of hydrogen-bond donors (Lipinski definition) is 2. The minimum atomic E-state index is 0.257. The zero-order valence-corrected chi connectivity index (χ0v) is 7.83. The van der Waals surface area contributed by atoms with Gasteiger partial charge in [0.15, 0.2) is 0 Å². The Kier molecular flexibility index (Phi) is 1.79. The first-order valence-electron chi connectivity index (χ1n) is 4.37. The molecule has 1 fully saturated rings. The van der Waals surface area contributed by atoms with Crippen LogP contribution in [0, 0.1) is 5.41 Å². The van der Waals surface area contributed by atoms with Crippen LogP contribution >= 0.6 is 0 Å². The van der Waals surface area contributed by atoms with Gasteiger partial charge in [-0.1, -0.05) is 13.8 Å². The fourth-order valence-electron chi connectivity index (χ4n) is 1.32.